The van der Waals surface area contributed by atoms with Crippen LogP contribution in [0.1, 0.15) is 21.6 Å². The number of carbonyl (C=O) groups is 2. The highest BCUT2D eigenvalue weighted by Crippen LogP contribution is 2.19. The molecule has 0 saturated carbocycles. The molecule has 2 N–H and O–H groups in total. The fourth-order valence-corrected chi connectivity index (χ4v) is 2.43. The highest BCUT2D eigenvalue weighted by Gasteiger charge is 2.10. The number of halogens is 1. The van der Waals surface area contributed by atoms with Gasteiger partial charge in [-0.25, -0.2) is 0 Å². The monoisotopic (exact) mass is 348 g/mol. The van der Waals surface area contributed by atoms with Crippen molar-refractivity contribution in [2.45, 2.75) is 13.3 Å². The third kappa shape index (κ3) is 4.13. The van der Waals surface area contributed by atoms with Crippen molar-refractivity contribution in [3.8, 4) is 0 Å². The van der Waals surface area contributed by atoms with Gasteiger partial charge in [-0.3, -0.25) is 14.6 Å². The molecule has 108 valence electrons. The maximum absolute atomic E-state index is 12.1. The number of benzene rings is 1. The van der Waals surface area contributed by atoms with E-state index in [1.54, 1.807) is 18.2 Å². The molecule has 0 aliphatic heterocycles. The minimum Gasteiger partial charge on any atom is -0.481 e. The Morgan fingerprint density at radius 2 is 2.05 bits per heavy atom. The van der Waals surface area contributed by atoms with Crippen molar-refractivity contribution in [2.75, 3.05) is 5.32 Å². The zero-order chi connectivity index (χ0) is 15.4. The van der Waals surface area contributed by atoms with E-state index in [2.05, 4.69) is 26.2 Å². The number of rotatable bonds is 4. The lowest BCUT2D eigenvalue weighted by molar-refractivity contribution is -0.136. The topological polar surface area (TPSA) is 79.3 Å². The van der Waals surface area contributed by atoms with Crippen LogP contribution in [-0.4, -0.2) is 22.0 Å². The van der Waals surface area contributed by atoms with E-state index in [1.165, 1.54) is 6.20 Å². The van der Waals surface area contributed by atoms with Gasteiger partial charge in [-0.1, -0.05) is 6.07 Å². The second-order valence-electron chi connectivity index (χ2n) is 4.55. The zero-order valence-electron chi connectivity index (χ0n) is 11.3. The van der Waals surface area contributed by atoms with Crippen LogP contribution >= 0.6 is 15.9 Å². The van der Waals surface area contributed by atoms with Gasteiger partial charge in [0.05, 0.1) is 29.6 Å². The minimum atomic E-state index is -0.942. The minimum absolute atomic E-state index is 0.141. The molecule has 0 aliphatic carbocycles. The summed E-state index contributed by atoms with van der Waals surface area (Å²) in [6.07, 6.45) is 1.30. The van der Waals surface area contributed by atoms with E-state index >= 15 is 0 Å². The van der Waals surface area contributed by atoms with Gasteiger partial charge in [0.2, 0.25) is 0 Å². The predicted molar refractivity (Wildman–Crippen MR) is 82.4 cm³/mol. The van der Waals surface area contributed by atoms with E-state index < -0.39 is 5.97 Å². The molecule has 1 aromatic heterocycles. The van der Waals surface area contributed by atoms with E-state index in [4.69, 9.17) is 5.11 Å². The van der Waals surface area contributed by atoms with Gasteiger partial charge in [0, 0.05) is 4.47 Å². The summed E-state index contributed by atoms with van der Waals surface area (Å²) in [6, 6.07) is 8.66. The summed E-state index contributed by atoms with van der Waals surface area (Å²) in [7, 11) is 0. The predicted octanol–water partition coefficient (Wildman–Crippen LogP) is 3.03. The van der Waals surface area contributed by atoms with E-state index in [1.807, 2.05) is 19.1 Å². The van der Waals surface area contributed by atoms with E-state index in [0.717, 1.165) is 10.0 Å². The van der Waals surface area contributed by atoms with Crippen molar-refractivity contribution < 1.29 is 14.7 Å². The molecule has 0 spiro atoms. The molecule has 0 aliphatic rings. The van der Waals surface area contributed by atoms with Gasteiger partial charge in [-0.15, -0.1) is 0 Å². The summed E-state index contributed by atoms with van der Waals surface area (Å²) >= 11 is 3.36. The molecular weight excluding hydrogens is 336 g/mol. The van der Waals surface area contributed by atoms with Gasteiger partial charge in [-0.05, 0) is 52.7 Å². The van der Waals surface area contributed by atoms with Crippen LogP contribution in [0.4, 0.5) is 5.69 Å². The molecule has 0 saturated heterocycles. The van der Waals surface area contributed by atoms with Gasteiger partial charge in [0.15, 0.2) is 0 Å². The van der Waals surface area contributed by atoms with Crippen LogP contribution in [0.2, 0.25) is 0 Å². The summed E-state index contributed by atoms with van der Waals surface area (Å²) < 4.78 is 0.718. The average molecular weight is 349 g/mol. The number of aryl methyl sites for hydroxylation is 1. The van der Waals surface area contributed by atoms with Gasteiger partial charge in [0.1, 0.15) is 0 Å². The number of aliphatic carboxylic acids is 1. The van der Waals surface area contributed by atoms with Crippen LogP contribution in [-0.2, 0) is 11.2 Å². The Labute approximate surface area is 130 Å². The number of carboxylic acids is 1. The number of nitrogens with zero attached hydrogens (tertiary/aromatic N) is 1. The molecule has 0 radical (unpaired) electrons. The number of amides is 1. The standard InChI is InChI=1S/C15H13BrN2O3/c1-9-2-5-12(13(16)6-9)15(21)18-11-4-3-10(17-8-11)7-14(19)20/h2-6,8H,7H2,1H3,(H,18,21)(H,19,20). The van der Waals surface area contributed by atoms with Crippen LogP contribution in [0.3, 0.4) is 0 Å². The summed E-state index contributed by atoms with van der Waals surface area (Å²) in [6.45, 7) is 1.94. The fourth-order valence-electron chi connectivity index (χ4n) is 1.76. The quantitative estimate of drug-likeness (QED) is 0.889. The lowest BCUT2D eigenvalue weighted by Gasteiger charge is -2.07. The van der Waals surface area contributed by atoms with Crippen molar-refractivity contribution >= 4 is 33.5 Å². The van der Waals surface area contributed by atoms with E-state index in [0.29, 0.717) is 16.9 Å². The van der Waals surface area contributed by atoms with E-state index in [-0.39, 0.29) is 12.3 Å². The Bertz CT molecular complexity index is 684. The molecule has 2 aromatic rings. The van der Waals surface area contributed by atoms with Crippen LogP contribution in [0.25, 0.3) is 0 Å². The molecule has 2 rings (SSSR count). The van der Waals surface area contributed by atoms with Crippen molar-refractivity contribution in [3.05, 3.63) is 57.8 Å². The molecule has 1 amide bonds. The average Bonchev–Trinajstić information content (AvgIpc) is 2.40. The number of pyridine rings is 1. The fraction of sp³-hybridized carbons (Fsp3) is 0.133. The SMILES string of the molecule is Cc1ccc(C(=O)Nc2ccc(CC(=O)O)nc2)c(Br)c1. The van der Waals surface area contributed by atoms with Crippen LogP contribution in [0, 0.1) is 6.92 Å². The first-order valence-electron chi connectivity index (χ1n) is 6.20. The van der Waals surface area contributed by atoms with Gasteiger partial charge < -0.3 is 10.4 Å². The Hall–Kier alpha value is -2.21. The van der Waals surface area contributed by atoms with Crippen molar-refractivity contribution in [1.29, 1.82) is 0 Å². The number of hydrogen-bond donors (Lipinski definition) is 2. The molecule has 1 heterocycles. The number of aromatic nitrogens is 1. The normalized spacial score (nSPS) is 10.2. The molecule has 0 unspecified atom stereocenters. The van der Waals surface area contributed by atoms with Gasteiger partial charge in [0.25, 0.3) is 5.91 Å². The third-order valence-electron chi connectivity index (χ3n) is 2.78. The first-order chi connectivity index (χ1) is 9.95. The second-order valence-corrected chi connectivity index (χ2v) is 5.40. The van der Waals surface area contributed by atoms with Crippen LogP contribution < -0.4 is 5.32 Å². The molecule has 5 nitrogen and oxygen atoms in total. The molecule has 0 fully saturated rings. The Morgan fingerprint density at radius 3 is 2.62 bits per heavy atom. The maximum Gasteiger partial charge on any atom is 0.309 e. The molecule has 1 aromatic carbocycles. The first kappa shape index (κ1) is 15.2. The number of anilines is 1. The summed E-state index contributed by atoms with van der Waals surface area (Å²) in [5.74, 6) is -1.20. The summed E-state index contributed by atoms with van der Waals surface area (Å²) in [4.78, 5) is 26.7. The Morgan fingerprint density at radius 1 is 1.29 bits per heavy atom. The van der Waals surface area contributed by atoms with Crippen molar-refractivity contribution in [3.63, 3.8) is 0 Å². The number of carboxylic acid groups (broad SMARTS) is 1. The zero-order valence-corrected chi connectivity index (χ0v) is 12.8. The van der Waals surface area contributed by atoms with Crippen molar-refractivity contribution in [2.24, 2.45) is 0 Å². The van der Waals surface area contributed by atoms with Crippen LogP contribution in [0.15, 0.2) is 41.0 Å². The molecule has 21 heavy (non-hydrogen) atoms. The van der Waals surface area contributed by atoms with Gasteiger partial charge >= 0.3 is 5.97 Å². The van der Waals surface area contributed by atoms with Crippen LogP contribution in [0.5, 0.6) is 0 Å². The third-order valence-corrected chi connectivity index (χ3v) is 3.44. The smallest absolute Gasteiger partial charge is 0.309 e. The molecule has 0 bridgehead atoms. The molecule has 0 atom stereocenters. The second kappa shape index (κ2) is 6.49. The number of hydrogen-bond acceptors (Lipinski definition) is 3. The maximum atomic E-state index is 12.1. The lowest BCUT2D eigenvalue weighted by Crippen LogP contribution is -2.13. The largest absolute Gasteiger partial charge is 0.481 e. The van der Waals surface area contributed by atoms with Gasteiger partial charge in [-0.2, -0.15) is 0 Å². The summed E-state index contributed by atoms with van der Waals surface area (Å²) in [5, 5.41) is 11.4. The number of carbonyl (C=O) groups excluding carboxylic acids is 1. The number of nitrogens with one attached hydrogen (secondary N) is 1. The summed E-state index contributed by atoms with van der Waals surface area (Å²) in [5.41, 5.74) is 2.53. The van der Waals surface area contributed by atoms with Crippen molar-refractivity contribution in [1.82, 2.24) is 4.98 Å². The van der Waals surface area contributed by atoms with E-state index in [9.17, 15) is 9.59 Å². The highest BCUT2D eigenvalue weighted by molar-refractivity contribution is 9.10. The Kier molecular flexibility index (Phi) is 4.70. The first-order valence-corrected chi connectivity index (χ1v) is 6.99. The highest BCUT2D eigenvalue weighted by atomic mass is 79.9. The Balaban J connectivity index is 2.10. The molecular formula is C15H13BrN2O3. The molecule has 6 heteroatoms. The lowest BCUT2D eigenvalue weighted by atomic mass is 10.1.